The third-order valence-corrected chi connectivity index (χ3v) is 6.47. The zero-order valence-electron chi connectivity index (χ0n) is 16.8. The second-order valence-electron chi connectivity index (χ2n) is 7.30. The Hall–Kier alpha value is -2.49. The van der Waals surface area contributed by atoms with Gasteiger partial charge in [0.15, 0.2) is 4.75 Å². The third-order valence-electron chi connectivity index (χ3n) is 5.14. The van der Waals surface area contributed by atoms with E-state index in [0.717, 1.165) is 31.3 Å². The summed E-state index contributed by atoms with van der Waals surface area (Å²) in [6, 6.07) is 7.19. The number of amides is 1. The summed E-state index contributed by atoms with van der Waals surface area (Å²) in [6.45, 7) is 2.62. The Bertz CT molecular complexity index is 1020. The predicted octanol–water partition coefficient (Wildman–Crippen LogP) is 5.83. The van der Waals surface area contributed by atoms with Crippen LogP contribution < -0.4 is 4.74 Å². The van der Waals surface area contributed by atoms with Gasteiger partial charge >= 0.3 is 6.18 Å². The lowest BCUT2D eigenvalue weighted by Gasteiger charge is -2.31. The van der Waals surface area contributed by atoms with Crippen molar-refractivity contribution >= 4 is 22.7 Å². The minimum atomic E-state index is -4.55. The zero-order valence-corrected chi connectivity index (χ0v) is 17.7. The molecule has 2 aromatic rings. The Morgan fingerprint density at radius 3 is 2.48 bits per heavy atom. The van der Waals surface area contributed by atoms with Crippen LogP contribution in [0.2, 0.25) is 0 Å². The van der Waals surface area contributed by atoms with Gasteiger partial charge < -0.3 is 4.74 Å². The van der Waals surface area contributed by atoms with Crippen molar-refractivity contribution in [1.82, 2.24) is 4.98 Å². The lowest BCUT2D eigenvalue weighted by Crippen LogP contribution is -2.44. The molecule has 1 amide bonds. The molecule has 0 radical (unpaired) electrons. The molecule has 0 saturated heterocycles. The van der Waals surface area contributed by atoms with Crippen LogP contribution in [0.15, 0.2) is 47.6 Å². The van der Waals surface area contributed by atoms with E-state index in [1.165, 1.54) is 25.3 Å². The molecular formula is C21H19F5N2O2S. The number of hydrogen-bond donors (Lipinski definition) is 0. The highest BCUT2D eigenvalue weighted by Crippen LogP contribution is 2.52. The Labute approximate surface area is 179 Å². The quantitative estimate of drug-likeness (QED) is 0.512. The van der Waals surface area contributed by atoms with Gasteiger partial charge in [-0.3, -0.25) is 4.79 Å². The lowest BCUT2D eigenvalue weighted by atomic mass is 9.93. The molecule has 1 unspecified atom stereocenters. The maximum Gasteiger partial charge on any atom is 0.416 e. The number of halogens is 5. The average Bonchev–Trinajstić information content (AvgIpc) is 3.02. The fourth-order valence-corrected chi connectivity index (χ4v) is 4.67. The van der Waals surface area contributed by atoms with Crippen LogP contribution in [0, 0.1) is 0 Å². The largest absolute Gasteiger partial charge is 0.481 e. The van der Waals surface area contributed by atoms with Crippen molar-refractivity contribution < 1.29 is 31.5 Å². The molecule has 10 heteroatoms. The molecule has 0 bridgehead atoms. The number of aliphatic imine (C=N–C) groups is 1. The molecule has 3 rings (SSSR count). The SMILES string of the molecule is COc1cc(C(F)(F)C2(C)SC(C[C@@H](C)c3ccccc3C(F)(F)F)=NC2=O)ccn1. The molecule has 1 aromatic carbocycles. The van der Waals surface area contributed by atoms with Crippen LogP contribution >= 0.6 is 11.8 Å². The number of carbonyl (C=O) groups is 1. The summed E-state index contributed by atoms with van der Waals surface area (Å²) in [5.74, 6) is -5.38. The first-order valence-corrected chi connectivity index (χ1v) is 10.1. The second kappa shape index (κ2) is 8.22. The van der Waals surface area contributed by atoms with Crippen LogP contribution in [0.4, 0.5) is 22.0 Å². The summed E-state index contributed by atoms with van der Waals surface area (Å²) in [4.78, 5) is 20.1. The van der Waals surface area contributed by atoms with Crippen LogP contribution in [-0.2, 0) is 16.9 Å². The highest BCUT2D eigenvalue weighted by Gasteiger charge is 2.60. The van der Waals surface area contributed by atoms with E-state index in [9.17, 15) is 18.0 Å². The Kier molecular flexibility index (Phi) is 6.14. The summed E-state index contributed by atoms with van der Waals surface area (Å²) >= 11 is 0.581. The number of alkyl halides is 5. The predicted molar refractivity (Wildman–Crippen MR) is 108 cm³/mol. The Morgan fingerprint density at radius 1 is 1.16 bits per heavy atom. The zero-order chi connectivity index (χ0) is 23.0. The fraction of sp³-hybridized carbons (Fsp3) is 0.381. The summed E-state index contributed by atoms with van der Waals surface area (Å²) in [6.07, 6.45) is -3.48. The lowest BCUT2D eigenvalue weighted by molar-refractivity contribution is -0.138. The molecule has 1 aliphatic heterocycles. The van der Waals surface area contributed by atoms with Crippen molar-refractivity contribution in [2.75, 3.05) is 7.11 Å². The number of nitrogens with zero attached hydrogens (tertiary/aromatic N) is 2. The maximum absolute atomic E-state index is 15.3. The van der Waals surface area contributed by atoms with Crippen molar-refractivity contribution in [1.29, 1.82) is 0 Å². The number of hydrogen-bond acceptors (Lipinski definition) is 4. The Morgan fingerprint density at radius 2 is 1.84 bits per heavy atom. The molecule has 0 saturated carbocycles. The van der Waals surface area contributed by atoms with Crippen LogP contribution in [0.25, 0.3) is 0 Å². The molecule has 31 heavy (non-hydrogen) atoms. The van der Waals surface area contributed by atoms with Crippen molar-refractivity contribution in [2.24, 2.45) is 4.99 Å². The van der Waals surface area contributed by atoms with Gasteiger partial charge in [0, 0.05) is 24.2 Å². The average molecular weight is 458 g/mol. The number of benzene rings is 1. The van der Waals surface area contributed by atoms with E-state index in [1.807, 2.05) is 0 Å². The molecule has 1 aromatic heterocycles. The number of rotatable bonds is 6. The minimum Gasteiger partial charge on any atom is -0.481 e. The summed E-state index contributed by atoms with van der Waals surface area (Å²) in [5.41, 5.74) is -1.24. The van der Waals surface area contributed by atoms with E-state index < -0.39 is 39.8 Å². The minimum absolute atomic E-state index is 0.0185. The normalized spacial score (nSPS) is 20.5. The van der Waals surface area contributed by atoms with Gasteiger partial charge in [0.25, 0.3) is 11.8 Å². The standard InChI is InChI=1S/C21H19F5N2O2S/c1-12(14-6-4-5-7-15(14)21(24,25)26)10-17-28-18(29)19(2,31-17)20(22,23)13-8-9-27-16(11-13)30-3/h4-9,11-12H,10H2,1-3H3/t12-,19?/m1/s1. The molecule has 1 aliphatic rings. The number of pyridine rings is 1. The van der Waals surface area contributed by atoms with E-state index in [2.05, 4.69) is 9.98 Å². The van der Waals surface area contributed by atoms with Gasteiger partial charge in [0.1, 0.15) is 0 Å². The Balaban J connectivity index is 1.85. The molecule has 2 heterocycles. The molecule has 4 nitrogen and oxygen atoms in total. The van der Waals surface area contributed by atoms with Gasteiger partial charge in [0.05, 0.1) is 17.7 Å². The monoisotopic (exact) mass is 458 g/mol. The van der Waals surface area contributed by atoms with Gasteiger partial charge in [-0.25, -0.2) is 9.98 Å². The van der Waals surface area contributed by atoms with Gasteiger partial charge in [-0.15, -0.1) is 0 Å². The molecule has 2 atom stereocenters. The van der Waals surface area contributed by atoms with Crippen LogP contribution in [-0.4, -0.2) is 27.8 Å². The van der Waals surface area contributed by atoms with Gasteiger partial charge in [-0.1, -0.05) is 36.9 Å². The van der Waals surface area contributed by atoms with Crippen LogP contribution in [0.1, 0.15) is 42.9 Å². The second-order valence-corrected chi connectivity index (χ2v) is 8.79. The van der Waals surface area contributed by atoms with E-state index in [4.69, 9.17) is 4.74 Å². The molecule has 0 spiro atoms. The van der Waals surface area contributed by atoms with Crippen LogP contribution in [0.5, 0.6) is 5.88 Å². The van der Waals surface area contributed by atoms with Crippen LogP contribution in [0.3, 0.4) is 0 Å². The number of ether oxygens (including phenoxy) is 1. The van der Waals surface area contributed by atoms with E-state index >= 15 is 8.78 Å². The highest BCUT2D eigenvalue weighted by molar-refractivity contribution is 8.16. The third kappa shape index (κ3) is 4.30. The van der Waals surface area contributed by atoms with Gasteiger partial charge in [-0.2, -0.15) is 22.0 Å². The first-order valence-electron chi connectivity index (χ1n) is 9.25. The molecule has 166 valence electrons. The number of carbonyl (C=O) groups excluding carboxylic acids is 1. The van der Waals surface area contributed by atoms with Gasteiger partial charge in [-0.05, 0) is 30.5 Å². The van der Waals surface area contributed by atoms with Gasteiger partial charge in [0.2, 0.25) is 5.88 Å². The smallest absolute Gasteiger partial charge is 0.416 e. The summed E-state index contributed by atoms with van der Waals surface area (Å²) in [5, 5.41) is 0.0673. The summed E-state index contributed by atoms with van der Waals surface area (Å²) in [7, 11) is 1.28. The molecule has 0 fully saturated rings. The first kappa shape index (κ1) is 23.2. The number of aromatic nitrogens is 1. The maximum atomic E-state index is 15.3. The van der Waals surface area contributed by atoms with Crippen molar-refractivity contribution in [2.45, 2.75) is 43.0 Å². The number of thioether (sulfide) groups is 1. The van der Waals surface area contributed by atoms with Crippen molar-refractivity contribution in [3.63, 3.8) is 0 Å². The van der Waals surface area contributed by atoms with Crippen molar-refractivity contribution in [3.05, 3.63) is 59.3 Å². The molecular weight excluding hydrogens is 439 g/mol. The topological polar surface area (TPSA) is 51.5 Å². The fourth-order valence-electron chi connectivity index (χ4n) is 3.36. The van der Waals surface area contributed by atoms with E-state index in [0.29, 0.717) is 11.8 Å². The number of methoxy groups -OCH3 is 1. The first-order chi connectivity index (χ1) is 14.4. The highest BCUT2D eigenvalue weighted by atomic mass is 32.2. The van der Waals surface area contributed by atoms with Crippen molar-refractivity contribution in [3.8, 4) is 5.88 Å². The van der Waals surface area contributed by atoms with E-state index in [1.54, 1.807) is 6.92 Å². The molecule has 0 N–H and O–H groups in total. The van der Waals surface area contributed by atoms with E-state index in [-0.39, 0.29) is 22.9 Å². The molecule has 0 aliphatic carbocycles. The summed E-state index contributed by atoms with van der Waals surface area (Å²) < 4.78 is 73.2.